The van der Waals surface area contributed by atoms with Gasteiger partial charge in [0.1, 0.15) is 0 Å². The lowest BCUT2D eigenvalue weighted by atomic mass is 9.96. The van der Waals surface area contributed by atoms with Gasteiger partial charge in [-0.2, -0.15) is 5.10 Å². The molecule has 0 aliphatic carbocycles. The second-order valence-electron chi connectivity index (χ2n) is 6.93. The third-order valence-corrected chi connectivity index (χ3v) is 5.06. The first kappa shape index (κ1) is 18.0. The van der Waals surface area contributed by atoms with Gasteiger partial charge in [-0.15, -0.1) is 0 Å². The lowest BCUT2D eigenvalue weighted by Crippen LogP contribution is -2.45. The van der Waals surface area contributed by atoms with E-state index in [0.29, 0.717) is 12.6 Å². The normalized spacial score (nSPS) is 19.3. The topological polar surface area (TPSA) is 50.2 Å². The molecule has 2 heterocycles. The number of rotatable bonds is 6. The lowest BCUT2D eigenvalue weighted by molar-refractivity contribution is -0.126. The van der Waals surface area contributed by atoms with E-state index in [1.54, 1.807) is 0 Å². The van der Waals surface area contributed by atoms with E-state index in [1.807, 2.05) is 4.68 Å². The Morgan fingerprint density at radius 1 is 1.39 bits per heavy atom. The maximum Gasteiger partial charge on any atom is 0.224 e. The third kappa shape index (κ3) is 4.34. The van der Waals surface area contributed by atoms with Crippen LogP contribution in [0.5, 0.6) is 0 Å². The van der Waals surface area contributed by atoms with Crippen LogP contribution in [-0.4, -0.2) is 46.3 Å². The fourth-order valence-corrected chi connectivity index (χ4v) is 3.55. The first-order valence-corrected chi connectivity index (χ1v) is 8.98. The fourth-order valence-electron chi connectivity index (χ4n) is 3.55. The maximum atomic E-state index is 12.4. The summed E-state index contributed by atoms with van der Waals surface area (Å²) < 4.78 is 2.04. The number of piperidine rings is 1. The lowest BCUT2D eigenvalue weighted by Gasteiger charge is -2.34. The van der Waals surface area contributed by atoms with E-state index < -0.39 is 0 Å². The highest BCUT2D eigenvalue weighted by molar-refractivity contribution is 5.79. The molecule has 130 valence electrons. The van der Waals surface area contributed by atoms with Gasteiger partial charge in [-0.1, -0.05) is 0 Å². The summed E-state index contributed by atoms with van der Waals surface area (Å²) in [5.74, 6) is 0.361. The minimum atomic E-state index is 0.145. The van der Waals surface area contributed by atoms with E-state index in [-0.39, 0.29) is 11.8 Å². The molecule has 1 unspecified atom stereocenters. The largest absolute Gasteiger partial charge is 0.355 e. The van der Waals surface area contributed by atoms with Crippen LogP contribution in [0.2, 0.25) is 0 Å². The van der Waals surface area contributed by atoms with Crippen molar-refractivity contribution in [2.45, 2.75) is 66.5 Å². The molecule has 5 nitrogen and oxygen atoms in total. The van der Waals surface area contributed by atoms with E-state index in [4.69, 9.17) is 0 Å². The van der Waals surface area contributed by atoms with Gasteiger partial charge in [0, 0.05) is 31.4 Å². The number of carbonyl (C=O) groups is 1. The van der Waals surface area contributed by atoms with E-state index in [9.17, 15) is 4.79 Å². The average molecular weight is 320 g/mol. The molecule has 1 fully saturated rings. The summed E-state index contributed by atoms with van der Waals surface area (Å²) in [6.07, 6.45) is 3.00. The van der Waals surface area contributed by atoms with Crippen molar-refractivity contribution in [1.82, 2.24) is 20.0 Å². The second kappa shape index (κ2) is 7.95. The van der Waals surface area contributed by atoms with Gasteiger partial charge >= 0.3 is 0 Å². The van der Waals surface area contributed by atoms with Crippen LogP contribution in [0.1, 0.15) is 50.6 Å². The van der Waals surface area contributed by atoms with Gasteiger partial charge in [0.2, 0.25) is 5.91 Å². The standard InChI is InChI=1S/C18H32N4O/c1-6-22-15(5)17(14(4)20-22)9-10-19-18(23)16-8-7-11-21(12-16)13(2)3/h13,16H,6-12H2,1-5H3,(H,19,23). The first-order valence-electron chi connectivity index (χ1n) is 8.98. The van der Waals surface area contributed by atoms with Crippen molar-refractivity contribution in [3.8, 4) is 0 Å². The molecule has 0 spiro atoms. The second-order valence-corrected chi connectivity index (χ2v) is 6.93. The molecule has 5 heteroatoms. The number of nitrogens with one attached hydrogen (secondary N) is 1. The Bertz CT molecular complexity index is 535. The van der Waals surface area contributed by atoms with Crippen molar-refractivity contribution in [3.05, 3.63) is 17.0 Å². The number of nitrogens with zero attached hydrogens (tertiary/aromatic N) is 3. The van der Waals surface area contributed by atoms with Crippen LogP contribution in [-0.2, 0) is 17.8 Å². The minimum Gasteiger partial charge on any atom is -0.355 e. The van der Waals surface area contributed by atoms with E-state index in [2.05, 4.69) is 49.9 Å². The summed E-state index contributed by atoms with van der Waals surface area (Å²) in [6, 6.07) is 0.524. The zero-order chi connectivity index (χ0) is 17.0. The molecule has 0 aromatic carbocycles. The van der Waals surface area contributed by atoms with Crippen LogP contribution >= 0.6 is 0 Å². The van der Waals surface area contributed by atoms with Gasteiger partial charge in [-0.25, -0.2) is 0 Å². The van der Waals surface area contributed by atoms with Crippen molar-refractivity contribution in [2.24, 2.45) is 5.92 Å². The number of aromatic nitrogens is 2. The van der Waals surface area contributed by atoms with Gasteiger partial charge in [0.25, 0.3) is 0 Å². The summed E-state index contributed by atoms with van der Waals surface area (Å²) in [4.78, 5) is 14.8. The highest BCUT2D eigenvalue weighted by atomic mass is 16.1. The molecule has 1 aliphatic rings. The van der Waals surface area contributed by atoms with Crippen LogP contribution < -0.4 is 5.32 Å². The van der Waals surface area contributed by atoms with E-state index in [0.717, 1.165) is 44.6 Å². The van der Waals surface area contributed by atoms with Crippen molar-refractivity contribution >= 4 is 5.91 Å². The number of hydrogen-bond acceptors (Lipinski definition) is 3. The van der Waals surface area contributed by atoms with Crippen LogP contribution in [0.3, 0.4) is 0 Å². The van der Waals surface area contributed by atoms with Gasteiger partial charge in [0.15, 0.2) is 0 Å². The Morgan fingerprint density at radius 3 is 2.74 bits per heavy atom. The quantitative estimate of drug-likeness (QED) is 0.875. The van der Waals surface area contributed by atoms with Crippen molar-refractivity contribution in [2.75, 3.05) is 19.6 Å². The molecule has 0 bridgehead atoms. The molecule has 1 aromatic rings. The zero-order valence-electron chi connectivity index (χ0n) is 15.4. The summed E-state index contributed by atoms with van der Waals surface area (Å²) in [7, 11) is 0. The zero-order valence-corrected chi connectivity index (χ0v) is 15.4. The first-order chi connectivity index (χ1) is 10.9. The highest BCUT2D eigenvalue weighted by Crippen LogP contribution is 2.19. The summed E-state index contributed by atoms with van der Waals surface area (Å²) >= 11 is 0. The molecule has 0 saturated carbocycles. The van der Waals surface area contributed by atoms with Crippen LogP contribution in [0.4, 0.5) is 0 Å². The molecule has 1 N–H and O–H groups in total. The number of amides is 1. The molecule has 0 radical (unpaired) electrons. The SMILES string of the molecule is CCn1nc(C)c(CCNC(=O)C2CCCN(C(C)C)C2)c1C. The fraction of sp³-hybridized carbons (Fsp3) is 0.778. The maximum absolute atomic E-state index is 12.4. The number of likely N-dealkylation sites (tertiary alicyclic amines) is 1. The summed E-state index contributed by atoms with van der Waals surface area (Å²) in [6.45, 7) is 14.3. The summed E-state index contributed by atoms with van der Waals surface area (Å²) in [5, 5.41) is 7.68. The Kier molecular flexibility index (Phi) is 6.22. The molecule has 23 heavy (non-hydrogen) atoms. The number of hydrogen-bond donors (Lipinski definition) is 1. The number of carbonyl (C=O) groups excluding carboxylic acids is 1. The van der Waals surface area contributed by atoms with E-state index in [1.165, 1.54) is 11.3 Å². The Labute approximate surface area is 140 Å². The Hall–Kier alpha value is -1.36. The van der Waals surface area contributed by atoms with Gasteiger partial charge in [-0.3, -0.25) is 9.48 Å². The molecular formula is C18H32N4O. The van der Waals surface area contributed by atoms with Crippen LogP contribution in [0.15, 0.2) is 0 Å². The number of aryl methyl sites for hydroxylation is 2. The van der Waals surface area contributed by atoms with Crippen LogP contribution in [0, 0.1) is 19.8 Å². The predicted octanol–water partition coefficient (Wildman–Crippen LogP) is 2.30. The molecule has 1 atom stereocenters. The van der Waals surface area contributed by atoms with E-state index >= 15 is 0 Å². The summed E-state index contributed by atoms with van der Waals surface area (Å²) in [5.41, 5.74) is 3.59. The smallest absolute Gasteiger partial charge is 0.224 e. The van der Waals surface area contributed by atoms with Crippen molar-refractivity contribution < 1.29 is 4.79 Å². The minimum absolute atomic E-state index is 0.145. The van der Waals surface area contributed by atoms with Gasteiger partial charge in [-0.05, 0) is 66.0 Å². The third-order valence-electron chi connectivity index (χ3n) is 5.06. The Morgan fingerprint density at radius 2 is 2.13 bits per heavy atom. The molecule has 1 amide bonds. The van der Waals surface area contributed by atoms with Gasteiger partial charge < -0.3 is 10.2 Å². The average Bonchev–Trinajstić information content (AvgIpc) is 2.82. The van der Waals surface area contributed by atoms with Crippen molar-refractivity contribution in [1.29, 1.82) is 0 Å². The highest BCUT2D eigenvalue weighted by Gasteiger charge is 2.26. The van der Waals surface area contributed by atoms with Crippen molar-refractivity contribution in [3.63, 3.8) is 0 Å². The molecular weight excluding hydrogens is 288 g/mol. The predicted molar refractivity (Wildman–Crippen MR) is 93.5 cm³/mol. The van der Waals surface area contributed by atoms with Crippen LogP contribution in [0.25, 0.3) is 0 Å². The monoisotopic (exact) mass is 320 g/mol. The molecule has 1 aromatic heterocycles. The Balaban J connectivity index is 1.84. The van der Waals surface area contributed by atoms with Gasteiger partial charge in [0.05, 0.1) is 11.6 Å². The molecule has 1 aliphatic heterocycles. The molecule has 2 rings (SSSR count). The molecule has 1 saturated heterocycles.